The number of furan rings is 1. The van der Waals surface area contributed by atoms with E-state index in [1.54, 1.807) is 25.1 Å². The van der Waals surface area contributed by atoms with Gasteiger partial charge < -0.3 is 14.8 Å². The van der Waals surface area contributed by atoms with Crippen molar-refractivity contribution in [2.45, 2.75) is 26.8 Å². The Morgan fingerprint density at radius 1 is 1.10 bits per heavy atom. The molecule has 2 aromatic rings. The van der Waals surface area contributed by atoms with Crippen LogP contribution in [0.4, 0.5) is 0 Å². The van der Waals surface area contributed by atoms with Crippen LogP contribution in [0.25, 0.3) is 0 Å². The third-order valence-corrected chi connectivity index (χ3v) is 3.35. The first-order valence-electron chi connectivity index (χ1n) is 6.55. The molecule has 2 N–H and O–H groups in total. The van der Waals surface area contributed by atoms with Crippen molar-refractivity contribution in [2.75, 3.05) is 0 Å². The summed E-state index contributed by atoms with van der Waals surface area (Å²) >= 11 is 0. The van der Waals surface area contributed by atoms with Crippen LogP contribution in [0.5, 0.6) is 0 Å². The first-order chi connectivity index (χ1) is 9.88. The number of benzene rings is 1. The van der Waals surface area contributed by atoms with Crippen LogP contribution in [-0.4, -0.2) is 17.0 Å². The predicted octanol–water partition coefficient (Wildman–Crippen LogP) is 2.76. The summed E-state index contributed by atoms with van der Waals surface area (Å²) in [6, 6.07) is 7.37. The van der Waals surface area contributed by atoms with Gasteiger partial charge in [-0.2, -0.15) is 0 Å². The summed E-state index contributed by atoms with van der Waals surface area (Å²) in [5.74, 6) is -0.968. The monoisotopic (exact) mass is 287 g/mol. The van der Waals surface area contributed by atoms with E-state index in [1.165, 1.54) is 6.07 Å². The molecule has 1 aromatic heterocycles. The molecule has 0 saturated heterocycles. The van der Waals surface area contributed by atoms with E-state index in [-0.39, 0.29) is 5.76 Å². The van der Waals surface area contributed by atoms with Gasteiger partial charge in [0.25, 0.3) is 5.91 Å². The molecule has 0 radical (unpaired) electrons. The Morgan fingerprint density at radius 3 is 2.33 bits per heavy atom. The molecule has 0 spiro atoms. The molecule has 110 valence electrons. The van der Waals surface area contributed by atoms with Gasteiger partial charge in [0.1, 0.15) is 5.76 Å². The van der Waals surface area contributed by atoms with E-state index in [4.69, 9.17) is 4.42 Å². The first kappa shape index (κ1) is 14.8. The van der Waals surface area contributed by atoms with Crippen LogP contribution in [0, 0.1) is 20.8 Å². The molecule has 5 heteroatoms. The zero-order valence-electron chi connectivity index (χ0n) is 12.1. The summed E-state index contributed by atoms with van der Waals surface area (Å²) in [6.07, 6.45) is 0. The van der Waals surface area contributed by atoms with Crippen LogP contribution in [0.2, 0.25) is 0 Å². The fourth-order valence-corrected chi connectivity index (χ4v) is 1.99. The summed E-state index contributed by atoms with van der Waals surface area (Å²) in [6.45, 7) is 5.56. The van der Waals surface area contributed by atoms with E-state index in [1.807, 2.05) is 19.9 Å². The van der Waals surface area contributed by atoms with Crippen molar-refractivity contribution in [3.05, 3.63) is 58.5 Å². The smallest absolute Gasteiger partial charge is 0.330 e. The molecule has 1 atom stereocenters. The van der Waals surface area contributed by atoms with E-state index in [2.05, 4.69) is 5.32 Å². The molecular formula is C16H17NO4. The van der Waals surface area contributed by atoms with E-state index in [9.17, 15) is 14.7 Å². The van der Waals surface area contributed by atoms with Crippen LogP contribution in [0.1, 0.15) is 39.0 Å². The maximum absolute atomic E-state index is 12.0. The zero-order valence-corrected chi connectivity index (χ0v) is 12.1. The predicted molar refractivity (Wildman–Crippen MR) is 77.2 cm³/mol. The largest absolute Gasteiger partial charge is 0.479 e. The Balaban J connectivity index is 2.25. The van der Waals surface area contributed by atoms with Gasteiger partial charge in [0.2, 0.25) is 0 Å². The number of carboxylic acids is 1. The highest BCUT2D eigenvalue weighted by atomic mass is 16.4. The highest BCUT2D eigenvalue weighted by molar-refractivity contribution is 5.94. The van der Waals surface area contributed by atoms with Crippen molar-refractivity contribution < 1.29 is 19.1 Å². The fraction of sp³-hybridized carbons (Fsp3) is 0.250. The van der Waals surface area contributed by atoms with Gasteiger partial charge in [0.15, 0.2) is 11.8 Å². The third kappa shape index (κ3) is 3.31. The second kappa shape index (κ2) is 5.83. The molecule has 1 unspecified atom stereocenters. The number of carbonyl (C=O) groups excluding carboxylic acids is 1. The molecule has 5 nitrogen and oxygen atoms in total. The lowest BCUT2D eigenvalue weighted by molar-refractivity contribution is -0.139. The van der Waals surface area contributed by atoms with Crippen molar-refractivity contribution in [2.24, 2.45) is 0 Å². The number of hydrogen-bond donors (Lipinski definition) is 2. The topological polar surface area (TPSA) is 79.5 Å². The van der Waals surface area contributed by atoms with Gasteiger partial charge in [0.05, 0.1) is 0 Å². The standard InChI is InChI=1S/C16H17NO4/c1-9-4-6-12(8-10(9)2)14(16(19)20)17-15(18)13-7-5-11(3)21-13/h4-8,14H,1-3H3,(H,17,18)(H,19,20). The van der Waals surface area contributed by atoms with Gasteiger partial charge in [-0.15, -0.1) is 0 Å². The minimum Gasteiger partial charge on any atom is -0.479 e. The summed E-state index contributed by atoms with van der Waals surface area (Å²) < 4.78 is 5.20. The maximum atomic E-state index is 12.0. The molecule has 0 fully saturated rings. The van der Waals surface area contributed by atoms with Crippen LogP contribution < -0.4 is 5.32 Å². The Bertz CT molecular complexity index is 687. The zero-order chi connectivity index (χ0) is 15.6. The summed E-state index contributed by atoms with van der Waals surface area (Å²) in [7, 11) is 0. The molecule has 2 rings (SSSR count). The Morgan fingerprint density at radius 2 is 1.81 bits per heavy atom. The minimum atomic E-state index is -1.12. The second-order valence-corrected chi connectivity index (χ2v) is 5.00. The highest BCUT2D eigenvalue weighted by Crippen LogP contribution is 2.18. The van der Waals surface area contributed by atoms with Crippen molar-refractivity contribution >= 4 is 11.9 Å². The van der Waals surface area contributed by atoms with Gasteiger partial charge in [-0.05, 0) is 49.6 Å². The quantitative estimate of drug-likeness (QED) is 0.906. The van der Waals surface area contributed by atoms with E-state index >= 15 is 0 Å². The molecule has 1 amide bonds. The van der Waals surface area contributed by atoms with Gasteiger partial charge in [-0.3, -0.25) is 4.79 Å². The fourth-order valence-electron chi connectivity index (χ4n) is 1.99. The Hall–Kier alpha value is -2.56. The van der Waals surface area contributed by atoms with Crippen molar-refractivity contribution in [3.63, 3.8) is 0 Å². The van der Waals surface area contributed by atoms with Crippen LogP contribution in [0.15, 0.2) is 34.7 Å². The summed E-state index contributed by atoms with van der Waals surface area (Å²) in [5.41, 5.74) is 2.57. The minimum absolute atomic E-state index is 0.0996. The number of aliphatic carboxylic acids is 1. The number of nitrogens with one attached hydrogen (secondary N) is 1. The van der Waals surface area contributed by atoms with E-state index in [0.717, 1.165) is 11.1 Å². The highest BCUT2D eigenvalue weighted by Gasteiger charge is 2.24. The molecular weight excluding hydrogens is 270 g/mol. The number of carbonyl (C=O) groups is 2. The lowest BCUT2D eigenvalue weighted by Gasteiger charge is -2.15. The van der Waals surface area contributed by atoms with Crippen LogP contribution in [0.3, 0.4) is 0 Å². The summed E-state index contributed by atoms with van der Waals surface area (Å²) in [5, 5.41) is 11.8. The number of rotatable bonds is 4. The molecule has 1 heterocycles. The third-order valence-electron chi connectivity index (χ3n) is 3.35. The molecule has 0 bridgehead atoms. The molecule has 0 aliphatic carbocycles. The van der Waals surface area contributed by atoms with Gasteiger partial charge in [0, 0.05) is 0 Å². The lowest BCUT2D eigenvalue weighted by atomic mass is 10.0. The number of aryl methyl sites for hydroxylation is 3. The van der Waals surface area contributed by atoms with E-state index in [0.29, 0.717) is 11.3 Å². The molecule has 0 aliphatic rings. The van der Waals surface area contributed by atoms with Crippen LogP contribution >= 0.6 is 0 Å². The average Bonchev–Trinajstić information content (AvgIpc) is 2.85. The Kier molecular flexibility index (Phi) is 4.12. The lowest BCUT2D eigenvalue weighted by Crippen LogP contribution is -2.33. The number of carboxylic acid groups (broad SMARTS) is 1. The number of amides is 1. The average molecular weight is 287 g/mol. The summed E-state index contributed by atoms with van der Waals surface area (Å²) in [4.78, 5) is 23.5. The van der Waals surface area contributed by atoms with Crippen molar-refractivity contribution in [3.8, 4) is 0 Å². The van der Waals surface area contributed by atoms with Crippen LogP contribution in [-0.2, 0) is 4.79 Å². The van der Waals surface area contributed by atoms with E-state index < -0.39 is 17.9 Å². The van der Waals surface area contributed by atoms with Crippen molar-refractivity contribution in [1.29, 1.82) is 0 Å². The van der Waals surface area contributed by atoms with Gasteiger partial charge in [-0.1, -0.05) is 18.2 Å². The first-order valence-corrected chi connectivity index (χ1v) is 6.55. The molecule has 0 aliphatic heterocycles. The second-order valence-electron chi connectivity index (χ2n) is 5.00. The SMILES string of the molecule is Cc1ccc(C(=O)NC(C(=O)O)c2ccc(C)c(C)c2)o1. The number of hydrogen-bond acceptors (Lipinski definition) is 3. The molecule has 21 heavy (non-hydrogen) atoms. The molecule has 1 aromatic carbocycles. The van der Waals surface area contributed by atoms with Gasteiger partial charge >= 0.3 is 5.97 Å². The Labute approximate surface area is 122 Å². The molecule has 0 saturated carbocycles. The van der Waals surface area contributed by atoms with Gasteiger partial charge in [-0.25, -0.2) is 4.79 Å². The normalized spacial score (nSPS) is 12.0. The maximum Gasteiger partial charge on any atom is 0.330 e. The van der Waals surface area contributed by atoms with Crippen molar-refractivity contribution in [1.82, 2.24) is 5.32 Å².